The Morgan fingerprint density at radius 3 is 2.64 bits per heavy atom. The van der Waals surface area contributed by atoms with E-state index in [9.17, 15) is 4.39 Å². The molecule has 22 heavy (non-hydrogen) atoms. The molecule has 0 radical (unpaired) electrons. The zero-order valence-corrected chi connectivity index (χ0v) is 12.3. The quantitative estimate of drug-likeness (QED) is 0.559. The molecule has 0 aliphatic rings. The maximum absolute atomic E-state index is 13.8. The summed E-state index contributed by atoms with van der Waals surface area (Å²) in [5.41, 5.74) is 5.70. The van der Waals surface area contributed by atoms with Crippen LogP contribution in [0.5, 0.6) is 0 Å². The Balaban J connectivity index is 1.95. The standard InChI is InChI=1S/C18H14FN3/c1-10-5-13(7-21-11(10)2)12-3-4-14-15-8-20-9-16(19)18(15)22-17(14)6-12/h3-9,22H,1-2H3. The molecular formula is C18H14FN3. The van der Waals surface area contributed by atoms with Gasteiger partial charge in [-0.15, -0.1) is 0 Å². The number of aromatic amines is 1. The highest BCUT2D eigenvalue weighted by molar-refractivity contribution is 6.07. The monoisotopic (exact) mass is 291 g/mol. The summed E-state index contributed by atoms with van der Waals surface area (Å²) in [7, 11) is 0. The van der Waals surface area contributed by atoms with Crippen molar-refractivity contribution < 1.29 is 4.39 Å². The van der Waals surface area contributed by atoms with Gasteiger partial charge in [-0.1, -0.05) is 12.1 Å². The second-order valence-corrected chi connectivity index (χ2v) is 5.56. The third-order valence-electron chi connectivity index (χ3n) is 4.14. The summed E-state index contributed by atoms with van der Waals surface area (Å²) in [4.78, 5) is 11.5. The Bertz CT molecular complexity index is 1020. The maximum Gasteiger partial charge on any atom is 0.165 e. The second-order valence-electron chi connectivity index (χ2n) is 5.56. The van der Waals surface area contributed by atoms with E-state index in [1.807, 2.05) is 38.2 Å². The van der Waals surface area contributed by atoms with E-state index in [2.05, 4.69) is 21.0 Å². The fourth-order valence-electron chi connectivity index (χ4n) is 2.76. The van der Waals surface area contributed by atoms with Crippen LogP contribution in [0.4, 0.5) is 4.39 Å². The molecule has 0 saturated heterocycles. The Hall–Kier alpha value is -2.75. The van der Waals surface area contributed by atoms with Gasteiger partial charge in [-0.25, -0.2) is 4.39 Å². The number of hydrogen-bond acceptors (Lipinski definition) is 2. The first kappa shape index (κ1) is 13.0. The predicted octanol–water partition coefficient (Wildman–Crippen LogP) is 4.53. The largest absolute Gasteiger partial charge is 0.352 e. The molecule has 3 aromatic heterocycles. The molecule has 3 heterocycles. The number of aromatic nitrogens is 3. The van der Waals surface area contributed by atoms with Crippen LogP contribution in [0.15, 0.2) is 42.9 Å². The third kappa shape index (κ3) is 1.88. The summed E-state index contributed by atoms with van der Waals surface area (Å²) < 4.78 is 13.8. The molecule has 4 aromatic rings. The molecule has 0 unspecified atom stereocenters. The van der Waals surface area contributed by atoms with Gasteiger partial charge in [-0.3, -0.25) is 9.97 Å². The number of nitrogens with one attached hydrogen (secondary N) is 1. The van der Waals surface area contributed by atoms with Gasteiger partial charge >= 0.3 is 0 Å². The minimum absolute atomic E-state index is 0.330. The van der Waals surface area contributed by atoms with Gasteiger partial charge in [-0.05, 0) is 37.1 Å². The maximum atomic E-state index is 13.8. The van der Waals surface area contributed by atoms with E-state index in [-0.39, 0.29) is 5.82 Å². The number of hydrogen-bond donors (Lipinski definition) is 1. The fraction of sp³-hybridized carbons (Fsp3) is 0.111. The van der Waals surface area contributed by atoms with E-state index in [4.69, 9.17) is 0 Å². The van der Waals surface area contributed by atoms with Gasteiger partial charge in [0.05, 0.1) is 11.7 Å². The fourth-order valence-corrected chi connectivity index (χ4v) is 2.76. The van der Waals surface area contributed by atoms with Crippen LogP contribution in [0.1, 0.15) is 11.3 Å². The van der Waals surface area contributed by atoms with Crippen molar-refractivity contribution in [2.75, 3.05) is 0 Å². The molecule has 1 aromatic carbocycles. The highest BCUT2D eigenvalue weighted by atomic mass is 19.1. The predicted molar refractivity (Wildman–Crippen MR) is 86.3 cm³/mol. The van der Waals surface area contributed by atoms with Crippen molar-refractivity contribution in [3.05, 3.63) is 59.9 Å². The lowest BCUT2D eigenvalue weighted by molar-refractivity contribution is 0.631. The Morgan fingerprint density at radius 1 is 0.955 bits per heavy atom. The number of aryl methyl sites for hydroxylation is 2. The van der Waals surface area contributed by atoms with Crippen LogP contribution in [0.25, 0.3) is 32.9 Å². The molecule has 0 aliphatic heterocycles. The molecule has 0 amide bonds. The van der Waals surface area contributed by atoms with E-state index in [0.717, 1.165) is 38.7 Å². The SMILES string of the molecule is Cc1cc(-c2ccc3c(c2)[nH]c2c(F)cncc23)cnc1C. The van der Waals surface area contributed by atoms with Gasteiger partial charge in [0.1, 0.15) is 0 Å². The van der Waals surface area contributed by atoms with Gasteiger partial charge in [-0.2, -0.15) is 0 Å². The van der Waals surface area contributed by atoms with Gasteiger partial charge in [0.25, 0.3) is 0 Å². The number of rotatable bonds is 1. The first-order chi connectivity index (χ1) is 10.6. The lowest BCUT2D eigenvalue weighted by atomic mass is 10.0. The van der Waals surface area contributed by atoms with Crippen molar-refractivity contribution in [1.29, 1.82) is 0 Å². The van der Waals surface area contributed by atoms with Gasteiger partial charge in [0.15, 0.2) is 5.82 Å². The number of H-pyrrole nitrogens is 1. The Morgan fingerprint density at radius 2 is 1.82 bits per heavy atom. The van der Waals surface area contributed by atoms with Crippen molar-refractivity contribution in [3.63, 3.8) is 0 Å². The number of halogens is 1. The number of nitrogens with zero attached hydrogens (tertiary/aromatic N) is 2. The van der Waals surface area contributed by atoms with Gasteiger partial charge in [0, 0.05) is 39.9 Å². The molecule has 0 spiro atoms. The summed E-state index contributed by atoms with van der Waals surface area (Å²) in [5, 5.41) is 1.78. The molecule has 0 atom stereocenters. The van der Waals surface area contributed by atoms with E-state index in [1.54, 1.807) is 6.20 Å². The lowest BCUT2D eigenvalue weighted by Crippen LogP contribution is -1.88. The van der Waals surface area contributed by atoms with E-state index in [1.165, 1.54) is 6.20 Å². The van der Waals surface area contributed by atoms with Crippen LogP contribution in [-0.4, -0.2) is 15.0 Å². The molecule has 3 nitrogen and oxygen atoms in total. The second kappa shape index (κ2) is 4.63. The normalized spacial score (nSPS) is 11.4. The van der Waals surface area contributed by atoms with Crippen molar-refractivity contribution in [2.45, 2.75) is 13.8 Å². The molecular weight excluding hydrogens is 277 g/mol. The van der Waals surface area contributed by atoms with E-state index in [0.29, 0.717) is 5.52 Å². The zero-order chi connectivity index (χ0) is 15.3. The summed E-state index contributed by atoms with van der Waals surface area (Å²) >= 11 is 0. The van der Waals surface area contributed by atoms with E-state index >= 15 is 0 Å². The average Bonchev–Trinajstić information content (AvgIpc) is 2.89. The van der Waals surface area contributed by atoms with Crippen LogP contribution in [0, 0.1) is 19.7 Å². The minimum Gasteiger partial charge on any atom is -0.352 e. The molecule has 108 valence electrons. The first-order valence-electron chi connectivity index (χ1n) is 7.12. The highest BCUT2D eigenvalue weighted by Gasteiger charge is 2.10. The Labute approximate surface area is 126 Å². The summed E-state index contributed by atoms with van der Waals surface area (Å²) in [5.74, 6) is -0.330. The zero-order valence-electron chi connectivity index (χ0n) is 12.3. The minimum atomic E-state index is -0.330. The highest BCUT2D eigenvalue weighted by Crippen LogP contribution is 2.30. The van der Waals surface area contributed by atoms with Crippen LogP contribution in [0.2, 0.25) is 0 Å². The molecule has 1 N–H and O–H groups in total. The summed E-state index contributed by atoms with van der Waals surface area (Å²) in [6.45, 7) is 4.05. The average molecular weight is 291 g/mol. The molecule has 0 fully saturated rings. The van der Waals surface area contributed by atoms with Crippen LogP contribution >= 0.6 is 0 Å². The molecule has 0 bridgehead atoms. The van der Waals surface area contributed by atoms with E-state index < -0.39 is 0 Å². The van der Waals surface area contributed by atoms with Crippen molar-refractivity contribution in [3.8, 4) is 11.1 Å². The van der Waals surface area contributed by atoms with Crippen LogP contribution in [0.3, 0.4) is 0 Å². The molecule has 0 aliphatic carbocycles. The van der Waals surface area contributed by atoms with Gasteiger partial charge in [0.2, 0.25) is 0 Å². The first-order valence-corrected chi connectivity index (χ1v) is 7.12. The summed E-state index contributed by atoms with van der Waals surface area (Å²) in [6.07, 6.45) is 4.79. The van der Waals surface area contributed by atoms with Crippen molar-refractivity contribution in [2.24, 2.45) is 0 Å². The third-order valence-corrected chi connectivity index (χ3v) is 4.14. The van der Waals surface area contributed by atoms with Crippen LogP contribution < -0.4 is 0 Å². The van der Waals surface area contributed by atoms with Crippen molar-refractivity contribution >= 4 is 21.8 Å². The number of benzene rings is 1. The smallest absolute Gasteiger partial charge is 0.165 e. The van der Waals surface area contributed by atoms with Gasteiger partial charge < -0.3 is 4.98 Å². The number of fused-ring (bicyclic) bond motifs is 3. The topological polar surface area (TPSA) is 41.6 Å². The lowest BCUT2D eigenvalue weighted by Gasteiger charge is -2.05. The Kier molecular flexibility index (Phi) is 2.73. The number of pyridine rings is 2. The molecule has 4 rings (SSSR count). The molecule has 4 heteroatoms. The van der Waals surface area contributed by atoms with Crippen molar-refractivity contribution in [1.82, 2.24) is 15.0 Å². The summed E-state index contributed by atoms with van der Waals surface area (Å²) in [6, 6.07) is 8.18. The molecule has 0 saturated carbocycles. The van der Waals surface area contributed by atoms with Crippen LogP contribution in [-0.2, 0) is 0 Å².